The minimum absolute atomic E-state index is 0.0882. The third-order valence-corrected chi connectivity index (χ3v) is 1.95. The molecular formula is C9H17NO. The van der Waals surface area contributed by atoms with Crippen LogP contribution in [0.2, 0.25) is 0 Å². The summed E-state index contributed by atoms with van der Waals surface area (Å²) in [5.41, 5.74) is 6.11. The van der Waals surface area contributed by atoms with Gasteiger partial charge >= 0.3 is 0 Å². The van der Waals surface area contributed by atoms with Gasteiger partial charge in [-0.2, -0.15) is 0 Å². The van der Waals surface area contributed by atoms with Crippen LogP contribution in [-0.2, 0) is 4.79 Å². The van der Waals surface area contributed by atoms with E-state index in [-0.39, 0.29) is 11.7 Å². The average molecular weight is 155 g/mol. The van der Waals surface area contributed by atoms with E-state index in [0.717, 1.165) is 18.4 Å². The van der Waals surface area contributed by atoms with E-state index in [2.05, 4.69) is 13.5 Å². The first-order chi connectivity index (χ1) is 5.13. The highest BCUT2D eigenvalue weighted by atomic mass is 16.1. The molecule has 2 heteroatoms. The first-order valence-electron chi connectivity index (χ1n) is 4.03. The van der Waals surface area contributed by atoms with E-state index in [1.807, 2.05) is 0 Å². The van der Waals surface area contributed by atoms with Gasteiger partial charge < -0.3 is 5.73 Å². The van der Waals surface area contributed by atoms with Gasteiger partial charge in [-0.1, -0.05) is 13.5 Å². The molecule has 0 spiro atoms. The van der Waals surface area contributed by atoms with Gasteiger partial charge in [0.25, 0.3) is 0 Å². The van der Waals surface area contributed by atoms with Gasteiger partial charge in [0, 0.05) is 0 Å². The Bertz CT molecular complexity index is 152. The molecule has 0 aliphatic carbocycles. The summed E-state index contributed by atoms with van der Waals surface area (Å²) in [5, 5.41) is 0. The Morgan fingerprint density at radius 3 is 2.45 bits per heavy atom. The Labute approximate surface area is 68.5 Å². The number of hydrogen-bond donors (Lipinski definition) is 1. The van der Waals surface area contributed by atoms with Crippen LogP contribution in [0.1, 0.15) is 26.7 Å². The monoisotopic (exact) mass is 155 g/mol. The van der Waals surface area contributed by atoms with Crippen LogP contribution >= 0.6 is 0 Å². The largest absolute Gasteiger partial charge is 0.330 e. The van der Waals surface area contributed by atoms with Crippen molar-refractivity contribution in [2.45, 2.75) is 26.7 Å². The normalized spacial score (nSPS) is 12.6. The number of rotatable bonds is 5. The number of Topliss-reactive ketones (excluding diaryl/α,β-unsaturated/α-hetero) is 1. The van der Waals surface area contributed by atoms with Crippen molar-refractivity contribution in [3.8, 4) is 0 Å². The van der Waals surface area contributed by atoms with Gasteiger partial charge in [0.1, 0.15) is 0 Å². The van der Waals surface area contributed by atoms with Crippen molar-refractivity contribution in [3.05, 3.63) is 12.2 Å². The van der Waals surface area contributed by atoms with Crippen LogP contribution in [0.4, 0.5) is 0 Å². The molecule has 0 rings (SSSR count). The molecule has 11 heavy (non-hydrogen) atoms. The second kappa shape index (κ2) is 5.08. The smallest absolute Gasteiger partial charge is 0.155 e. The number of hydrogen-bond acceptors (Lipinski definition) is 2. The van der Waals surface area contributed by atoms with Gasteiger partial charge in [0.05, 0.1) is 0 Å². The Kier molecular flexibility index (Phi) is 4.79. The van der Waals surface area contributed by atoms with Crippen LogP contribution in [-0.4, -0.2) is 12.3 Å². The van der Waals surface area contributed by atoms with Crippen molar-refractivity contribution in [1.82, 2.24) is 0 Å². The summed E-state index contributed by atoms with van der Waals surface area (Å²) in [4.78, 5) is 10.9. The molecule has 0 saturated carbocycles. The molecule has 0 aromatic carbocycles. The van der Waals surface area contributed by atoms with E-state index in [4.69, 9.17) is 5.73 Å². The molecular weight excluding hydrogens is 138 g/mol. The summed E-state index contributed by atoms with van der Waals surface area (Å²) < 4.78 is 0. The molecule has 2 nitrogen and oxygen atoms in total. The third kappa shape index (κ3) is 3.33. The maximum atomic E-state index is 10.9. The summed E-state index contributed by atoms with van der Waals surface area (Å²) in [6, 6.07) is 0. The molecule has 0 radical (unpaired) electrons. The highest BCUT2D eigenvalue weighted by Crippen LogP contribution is 2.17. The number of nitrogens with two attached hydrogens (primary N) is 1. The second-order valence-corrected chi connectivity index (χ2v) is 2.76. The van der Waals surface area contributed by atoms with Crippen molar-refractivity contribution in [3.63, 3.8) is 0 Å². The fourth-order valence-corrected chi connectivity index (χ4v) is 1.11. The third-order valence-electron chi connectivity index (χ3n) is 1.95. The quantitative estimate of drug-likeness (QED) is 0.611. The zero-order chi connectivity index (χ0) is 8.85. The van der Waals surface area contributed by atoms with Crippen LogP contribution in [0.3, 0.4) is 0 Å². The Balaban J connectivity index is 4.02. The van der Waals surface area contributed by atoms with Crippen molar-refractivity contribution in [2.75, 3.05) is 6.54 Å². The molecule has 64 valence electrons. The number of allylic oxidation sites excluding steroid dienone is 1. The molecule has 0 aliphatic rings. The fourth-order valence-electron chi connectivity index (χ4n) is 1.11. The molecule has 0 heterocycles. The minimum atomic E-state index is 0.0882. The van der Waals surface area contributed by atoms with Crippen molar-refractivity contribution < 1.29 is 4.79 Å². The van der Waals surface area contributed by atoms with Crippen LogP contribution < -0.4 is 5.73 Å². The van der Waals surface area contributed by atoms with E-state index in [9.17, 15) is 4.79 Å². The molecule has 1 unspecified atom stereocenters. The Morgan fingerprint density at radius 1 is 1.64 bits per heavy atom. The number of carbonyl (C=O) groups excluding carboxylic acids is 1. The van der Waals surface area contributed by atoms with Gasteiger partial charge in [-0.05, 0) is 37.8 Å². The first-order valence-corrected chi connectivity index (χ1v) is 4.03. The lowest BCUT2D eigenvalue weighted by molar-refractivity contribution is -0.114. The lowest BCUT2D eigenvalue weighted by Gasteiger charge is -2.13. The molecule has 0 amide bonds. The molecule has 2 N–H and O–H groups in total. The summed E-state index contributed by atoms with van der Waals surface area (Å²) >= 11 is 0. The predicted molar refractivity (Wildman–Crippen MR) is 47.3 cm³/mol. The van der Waals surface area contributed by atoms with Crippen molar-refractivity contribution in [1.29, 1.82) is 0 Å². The lowest BCUT2D eigenvalue weighted by atomic mass is 9.92. The summed E-state index contributed by atoms with van der Waals surface area (Å²) in [6.45, 7) is 7.98. The standard InChI is InChI=1S/C9H17NO/c1-4-9(5-6-10)7(2)8(3)11/h9H,2,4-6,10H2,1,3H3. The van der Waals surface area contributed by atoms with Crippen LogP contribution in [0.5, 0.6) is 0 Å². The molecule has 0 aromatic rings. The van der Waals surface area contributed by atoms with E-state index in [0.29, 0.717) is 6.54 Å². The predicted octanol–water partition coefficient (Wildman–Crippen LogP) is 1.51. The van der Waals surface area contributed by atoms with Crippen molar-refractivity contribution in [2.24, 2.45) is 11.7 Å². The van der Waals surface area contributed by atoms with Gasteiger partial charge in [0.2, 0.25) is 0 Å². The zero-order valence-electron chi connectivity index (χ0n) is 7.39. The summed E-state index contributed by atoms with van der Waals surface area (Å²) in [6.07, 6.45) is 1.82. The molecule has 0 saturated heterocycles. The molecule has 0 fully saturated rings. The van der Waals surface area contributed by atoms with Crippen LogP contribution in [0, 0.1) is 5.92 Å². The average Bonchev–Trinajstić information content (AvgIpc) is 1.98. The maximum absolute atomic E-state index is 10.9. The number of ketones is 1. The van der Waals surface area contributed by atoms with Crippen LogP contribution in [0.15, 0.2) is 12.2 Å². The van der Waals surface area contributed by atoms with E-state index in [1.165, 1.54) is 0 Å². The van der Waals surface area contributed by atoms with Gasteiger partial charge in [0.15, 0.2) is 5.78 Å². The van der Waals surface area contributed by atoms with Crippen LogP contribution in [0.25, 0.3) is 0 Å². The second-order valence-electron chi connectivity index (χ2n) is 2.76. The van der Waals surface area contributed by atoms with E-state index >= 15 is 0 Å². The first kappa shape index (κ1) is 10.4. The molecule has 1 atom stereocenters. The fraction of sp³-hybridized carbons (Fsp3) is 0.667. The topological polar surface area (TPSA) is 43.1 Å². The zero-order valence-corrected chi connectivity index (χ0v) is 7.39. The Hall–Kier alpha value is -0.630. The molecule has 0 bridgehead atoms. The van der Waals surface area contributed by atoms with Gasteiger partial charge in [-0.25, -0.2) is 0 Å². The minimum Gasteiger partial charge on any atom is -0.330 e. The lowest BCUT2D eigenvalue weighted by Crippen LogP contribution is -2.13. The van der Waals surface area contributed by atoms with Gasteiger partial charge in [-0.15, -0.1) is 0 Å². The van der Waals surface area contributed by atoms with Crippen molar-refractivity contribution >= 4 is 5.78 Å². The SMILES string of the molecule is C=C(C(C)=O)C(CC)CCN. The summed E-state index contributed by atoms with van der Waals surface area (Å²) in [7, 11) is 0. The van der Waals surface area contributed by atoms with Gasteiger partial charge in [-0.3, -0.25) is 4.79 Å². The van der Waals surface area contributed by atoms with E-state index < -0.39 is 0 Å². The molecule has 0 aromatic heterocycles. The van der Waals surface area contributed by atoms with E-state index in [1.54, 1.807) is 6.92 Å². The maximum Gasteiger partial charge on any atom is 0.155 e. The highest BCUT2D eigenvalue weighted by molar-refractivity contribution is 5.93. The highest BCUT2D eigenvalue weighted by Gasteiger charge is 2.12. The number of carbonyl (C=O) groups is 1. The Morgan fingerprint density at radius 2 is 2.18 bits per heavy atom. The summed E-state index contributed by atoms with van der Waals surface area (Å²) in [5.74, 6) is 0.378. The molecule has 0 aliphatic heterocycles.